The van der Waals surface area contributed by atoms with Gasteiger partial charge in [-0.1, -0.05) is 6.07 Å². The number of hydrogen-bond acceptors (Lipinski definition) is 5. The van der Waals surface area contributed by atoms with E-state index in [2.05, 4.69) is 10.6 Å². The van der Waals surface area contributed by atoms with Crippen LogP contribution in [-0.4, -0.2) is 34.2 Å². The zero-order valence-corrected chi connectivity index (χ0v) is 15.5. The number of nitrogens with zero attached hydrogens (tertiary/aromatic N) is 2. The molecule has 31 heavy (non-hydrogen) atoms. The van der Waals surface area contributed by atoms with Gasteiger partial charge in [-0.3, -0.25) is 19.7 Å². The van der Waals surface area contributed by atoms with E-state index in [1.54, 1.807) is 0 Å². The molecule has 0 unspecified atom stereocenters. The monoisotopic (exact) mass is 434 g/mol. The molecule has 9 nitrogen and oxygen atoms in total. The molecule has 0 bridgehead atoms. The van der Waals surface area contributed by atoms with Gasteiger partial charge in [0.1, 0.15) is 12.2 Å². The normalized spacial score (nSPS) is 15.2. The second kappa shape index (κ2) is 8.26. The Morgan fingerprint density at radius 2 is 1.84 bits per heavy atom. The van der Waals surface area contributed by atoms with Gasteiger partial charge in [0.25, 0.3) is 11.6 Å². The molecule has 0 atom stereocenters. The molecule has 12 heteroatoms. The van der Waals surface area contributed by atoms with Crippen molar-refractivity contribution >= 4 is 35.3 Å². The lowest BCUT2D eigenvalue weighted by Gasteiger charge is -2.13. The van der Waals surface area contributed by atoms with Crippen LogP contribution in [-0.2, 0) is 15.8 Å². The predicted octanol–water partition coefficient (Wildman–Crippen LogP) is 3.15. The molecule has 0 saturated carbocycles. The minimum Gasteiger partial charge on any atom is -0.325 e. The molecule has 1 saturated heterocycles. The van der Waals surface area contributed by atoms with E-state index >= 15 is 0 Å². The van der Waals surface area contributed by atoms with Crippen LogP contribution in [0.3, 0.4) is 0 Å². The molecular formula is C19H13F3N4O5. The molecule has 160 valence electrons. The van der Waals surface area contributed by atoms with Gasteiger partial charge in [-0.15, -0.1) is 0 Å². The first kappa shape index (κ1) is 21.5. The Labute approximate surface area is 172 Å². The van der Waals surface area contributed by atoms with Crippen molar-refractivity contribution in [1.29, 1.82) is 0 Å². The largest absolute Gasteiger partial charge is 0.416 e. The van der Waals surface area contributed by atoms with Gasteiger partial charge in [0, 0.05) is 17.8 Å². The summed E-state index contributed by atoms with van der Waals surface area (Å²) in [5.41, 5.74) is -1.03. The van der Waals surface area contributed by atoms with Crippen molar-refractivity contribution in [1.82, 2.24) is 10.2 Å². The zero-order valence-electron chi connectivity index (χ0n) is 15.5. The maximum absolute atomic E-state index is 12.8. The number of non-ortho nitro benzene ring substituents is 1. The van der Waals surface area contributed by atoms with Crippen molar-refractivity contribution in [3.63, 3.8) is 0 Å². The number of carbonyl (C=O) groups excluding carboxylic acids is 3. The first-order valence-electron chi connectivity index (χ1n) is 8.61. The highest BCUT2D eigenvalue weighted by molar-refractivity contribution is 6.15. The van der Waals surface area contributed by atoms with Crippen molar-refractivity contribution < 1.29 is 32.5 Å². The van der Waals surface area contributed by atoms with Gasteiger partial charge in [-0.2, -0.15) is 13.2 Å². The molecule has 2 aromatic rings. The van der Waals surface area contributed by atoms with Crippen molar-refractivity contribution in [3.05, 3.63) is 75.5 Å². The average molecular weight is 434 g/mol. The summed E-state index contributed by atoms with van der Waals surface area (Å²) in [6.07, 6.45) is -3.32. The summed E-state index contributed by atoms with van der Waals surface area (Å²) < 4.78 is 38.3. The minimum absolute atomic E-state index is 0.145. The highest BCUT2D eigenvalue weighted by Crippen LogP contribution is 2.30. The SMILES string of the molecule is O=C(CN1C(=O)N/C(=C\c2ccc([N+](=O)[O-])cc2)C1=O)Nc1cccc(C(F)(F)F)c1. The lowest BCUT2D eigenvalue weighted by atomic mass is 10.1. The van der Waals surface area contributed by atoms with Gasteiger partial charge in [0.05, 0.1) is 10.5 Å². The van der Waals surface area contributed by atoms with Crippen LogP contribution in [0.1, 0.15) is 11.1 Å². The molecule has 2 N–H and O–H groups in total. The second-order valence-electron chi connectivity index (χ2n) is 6.35. The number of alkyl halides is 3. The molecule has 0 radical (unpaired) electrons. The number of anilines is 1. The Hall–Kier alpha value is -4.22. The van der Waals surface area contributed by atoms with Crippen LogP contribution in [0.5, 0.6) is 0 Å². The fourth-order valence-electron chi connectivity index (χ4n) is 2.69. The Bertz CT molecular complexity index is 1100. The molecule has 0 spiro atoms. The van der Waals surface area contributed by atoms with Gasteiger partial charge in [-0.05, 0) is 42.0 Å². The predicted molar refractivity (Wildman–Crippen MR) is 101 cm³/mol. The molecular weight excluding hydrogens is 421 g/mol. The topological polar surface area (TPSA) is 122 Å². The molecule has 2 aromatic carbocycles. The van der Waals surface area contributed by atoms with E-state index in [9.17, 15) is 37.7 Å². The molecule has 1 fully saturated rings. The fourth-order valence-corrected chi connectivity index (χ4v) is 2.69. The van der Waals surface area contributed by atoms with E-state index in [0.29, 0.717) is 10.5 Å². The highest BCUT2D eigenvalue weighted by Gasteiger charge is 2.35. The number of nitro groups is 1. The van der Waals surface area contributed by atoms with E-state index in [-0.39, 0.29) is 17.1 Å². The number of rotatable bonds is 5. The maximum atomic E-state index is 12.8. The summed E-state index contributed by atoms with van der Waals surface area (Å²) in [5, 5.41) is 15.2. The summed E-state index contributed by atoms with van der Waals surface area (Å²) in [7, 11) is 0. The number of urea groups is 1. The smallest absolute Gasteiger partial charge is 0.325 e. The highest BCUT2D eigenvalue weighted by atomic mass is 19.4. The van der Waals surface area contributed by atoms with E-state index in [4.69, 9.17) is 0 Å². The fraction of sp³-hybridized carbons (Fsp3) is 0.105. The lowest BCUT2D eigenvalue weighted by Crippen LogP contribution is -2.38. The molecule has 1 aliphatic rings. The molecule has 4 amide bonds. The van der Waals surface area contributed by atoms with Gasteiger partial charge in [0.2, 0.25) is 5.91 Å². The van der Waals surface area contributed by atoms with Crippen molar-refractivity contribution in [2.45, 2.75) is 6.18 Å². The van der Waals surface area contributed by atoms with Crippen LogP contribution in [0.4, 0.5) is 29.3 Å². The Morgan fingerprint density at radius 3 is 2.45 bits per heavy atom. The van der Waals surface area contributed by atoms with Gasteiger partial charge < -0.3 is 10.6 Å². The number of hydrogen-bond donors (Lipinski definition) is 2. The summed E-state index contributed by atoms with van der Waals surface area (Å²) in [4.78, 5) is 47.2. The van der Waals surface area contributed by atoms with Crippen molar-refractivity contribution in [3.8, 4) is 0 Å². The number of nitrogens with one attached hydrogen (secondary N) is 2. The van der Waals surface area contributed by atoms with Crippen LogP contribution in [0, 0.1) is 10.1 Å². The molecule has 1 aliphatic heterocycles. The van der Waals surface area contributed by atoms with Crippen LogP contribution < -0.4 is 10.6 Å². The summed E-state index contributed by atoms with van der Waals surface area (Å²) >= 11 is 0. The van der Waals surface area contributed by atoms with Gasteiger partial charge in [-0.25, -0.2) is 9.69 Å². The first-order valence-corrected chi connectivity index (χ1v) is 8.61. The number of benzene rings is 2. The summed E-state index contributed by atoms with van der Waals surface area (Å²) in [5.74, 6) is -1.71. The maximum Gasteiger partial charge on any atom is 0.416 e. The average Bonchev–Trinajstić information content (AvgIpc) is 2.95. The Morgan fingerprint density at radius 1 is 1.16 bits per heavy atom. The van der Waals surface area contributed by atoms with E-state index < -0.39 is 41.1 Å². The Kier molecular flexibility index (Phi) is 5.72. The van der Waals surface area contributed by atoms with E-state index in [0.717, 1.165) is 18.2 Å². The van der Waals surface area contributed by atoms with Crippen molar-refractivity contribution in [2.75, 3.05) is 11.9 Å². The first-order chi connectivity index (χ1) is 14.5. The quantitative estimate of drug-likeness (QED) is 0.324. The molecule has 3 rings (SSSR count). The van der Waals surface area contributed by atoms with Crippen LogP contribution in [0.25, 0.3) is 6.08 Å². The third-order valence-corrected chi connectivity index (χ3v) is 4.15. The minimum atomic E-state index is -4.59. The number of amides is 4. The van der Waals surface area contributed by atoms with Gasteiger partial charge in [0.15, 0.2) is 0 Å². The third kappa shape index (κ3) is 5.04. The number of halogens is 3. The summed E-state index contributed by atoms with van der Waals surface area (Å²) in [6.45, 7) is -0.724. The molecule has 1 heterocycles. The standard InChI is InChI=1S/C19H13F3N4O5/c20-19(21,22)12-2-1-3-13(9-12)23-16(27)10-25-17(28)15(24-18(25)29)8-11-4-6-14(7-5-11)26(30)31/h1-9H,10H2,(H,23,27)(H,24,29)/b15-8-. The zero-order chi connectivity index (χ0) is 22.8. The Balaban J connectivity index is 1.68. The third-order valence-electron chi connectivity index (χ3n) is 4.15. The molecule has 0 aliphatic carbocycles. The number of nitro benzene ring substituents is 1. The molecule has 0 aromatic heterocycles. The van der Waals surface area contributed by atoms with E-state index in [1.165, 1.54) is 36.4 Å². The second-order valence-corrected chi connectivity index (χ2v) is 6.35. The van der Waals surface area contributed by atoms with Crippen LogP contribution in [0.2, 0.25) is 0 Å². The van der Waals surface area contributed by atoms with Crippen LogP contribution >= 0.6 is 0 Å². The van der Waals surface area contributed by atoms with Gasteiger partial charge >= 0.3 is 12.2 Å². The number of carbonyl (C=O) groups is 3. The van der Waals surface area contributed by atoms with Crippen molar-refractivity contribution in [2.24, 2.45) is 0 Å². The lowest BCUT2D eigenvalue weighted by molar-refractivity contribution is -0.384. The summed E-state index contributed by atoms with van der Waals surface area (Å²) in [6, 6.07) is 8.18. The van der Waals surface area contributed by atoms with E-state index in [1.807, 2.05) is 0 Å². The number of imide groups is 1. The van der Waals surface area contributed by atoms with Crippen LogP contribution in [0.15, 0.2) is 54.2 Å².